The Labute approximate surface area is 156 Å². The first-order valence-corrected chi connectivity index (χ1v) is 8.58. The lowest BCUT2D eigenvalue weighted by Crippen LogP contribution is -2.45. The van der Waals surface area contributed by atoms with E-state index < -0.39 is 5.60 Å². The van der Waals surface area contributed by atoms with Crippen molar-refractivity contribution in [3.8, 4) is 0 Å². The van der Waals surface area contributed by atoms with Crippen LogP contribution in [0.25, 0.3) is 0 Å². The average Bonchev–Trinajstić information content (AvgIpc) is 3.15. The summed E-state index contributed by atoms with van der Waals surface area (Å²) < 4.78 is 11.1. The highest BCUT2D eigenvalue weighted by atomic mass is 127. The van der Waals surface area contributed by atoms with Crippen LogP contribution in [0.15, 0.2) is 4.99 Å². The van der Waals surface area contributed by atoms with Gasteiger partial charge in [0.2, 0.25) is 0 Å². The molecular weight excluding hydrogens is 409 g/mol. The third kappa shape index (κ3) is 7.53. The van der Waals surface area contributed by atoms with E-state index in [1.54, 1.807) is 0 Å². The van der Waals surface area contributed by atoms with E-state index in [0.29, 0.717) is 19.8 Å². The van der Waals surface area contributed by atoms with E-state index in [1.165, 1.54) is 0 Å². The van der Waals surface area contributed by atoms with E-state index >= 15 is 0 Å². The highest BCUT2D eigenvalue weighted by Crippen LogP contribution is 2.29. The lowest BCUT2D eigenvalue weighted by molar-refractivity contribution is 0.0346. The Hall–Kier alpha value is -0.120. The Balaban J connectivity index is 0.00000264. The molecule has 1 aliphatic heterocycles. The number of halogens is 1. The van der Waals surface area contributed by atoms with E-state index in [1.807, 2.05) is 6.92 Å². The van der Waals surface area contributed by atoms with Crippen molar-refractivity contribution in [2.45, 2.75) is 63.7 Å². The molecule has 0 radical (unpaired) electrons. The van der Waals surface area contributed by atoms with Gasteiger partial charge in [-0.05, 0) is 33.1 Å². The molecule has 0 aromatic rings. The van der Waals surface area contributed by atoms with Gasteiger partial charge in [-0.15, -0.1) is 24.0 Å². The summed E-state index contributed by atoms with van der Waals surface area (Å²) in [6.45, 7) is 7.51. The first-order valence-electron chi connectivity index (χ1n) is 8.58. The van der Waals surface area contributed by atoms with Crippen LogP contribution in [-0.4, -0.2) is 61.7 Å². The second-order valence-electron chi connectivity index (χ2n) is 6.49. The zero-order valence-corrected chi connectivity index (χ0v) is 16.7. The van der Waals surface area contributed by atoms with E-state index in [4.69, 9.17) is 9.47 Å². The Morgan fingerprint density at radius 1 is 1.43 bits per heavy atom. The normalized spacial score (nSPS) is 25.0. The van der Waals surface area contributed by atoms with Crippen LogP contribution in [0.3, 0.4) is 0 Å². The Morgan fingerprint density at radius 2 is 2.17 bits per heavy atom. The molecule has 3 N–H and O–H groups in total. The van der Waals surface area contributed by atoms with Crippen molar-refractivity contribution >= 4 is 29.9 Å². The molecule has 1 saturated carbocycles. The zero-order chi connectivity index (χ0) is 15.8. The second-order valence-corrected chi connectivity index (χ2v) is 6.49. The summed E-state index contributed by atoms with van der Waals surface area (Å²) in [5.74, 6) is 0.751. The van der Waals surface area contributed by atoms with Crippen molar-refractivity contribution in [3.63, 3.8) is 0 Å². The highest BCUT2D eigenvalue weighted by Gasteiger charge is 2.30. The number of nitrogens with zero attached hydrogens (tertiary/aromatic N) is 1. The summed E-state index contributed by atoms with van der Waals surface area (Å²) >= 11 is 0. The molecule has 2 aliphatic rings. The van der Waals surface area contributed by atoms with E-state index in [-0.39, 0.29) is 36.1 Å². The third-order valence-corrected chi connectivity index (χ3v) is 4.26. The minimum Gasteiger partial charge on any atom is -0.388 e. The molecule has 0 aromatic heterocycles. The fourth-order valence-electron chi connectivity index (χ4n) is 2.94. The van der Waals surface area contributed by atoms with Crippen LogP contribution >= 0.6 is 24.0 Å². The number of nitrogens with one attached hydrogen (secondary N) is 2. The number of rotatable bonds is 7. The maximum absolute atomic E-state index is 10.4. The standard InChI is InChI=1S/C16H31N3O3.HI/c1-3-17-15(18-12-16(20)7-4-5-8-16)19-13(2)10-22-14-6-9-21-11-14;/h13-14,20H,3-12H2,1-2H3,(H2,17,18,19);1H. The van der Waals surface area contributed by atoms with Crippen LogP contribution in [0, 0.1) is 0 Å². The van der Waals surface area contributed by atoms with Gasteiger partial charge in [-0.1, -0.05) is 12.8 Å². The summed E-state index contributed by atoms with van der Waals surface area (Å²) in [5, 5.41) is 17.0. The Kier molecular flexibility index (Phi) is 9.72. The molecule has 1 heterocycles. The SMILES string of the molecule is CCNC(=NCC1(O)CCCC1)NC(C)COC1CCOC1.I. The van der Waals surface area contributed by atoms with Crippen LogP contribution in [0.4, 0.5) is 0 Å². The van der Waals surface area contributed by atoms with E-state index in [9.17, 15) is 5.11 Å². The Bertz CT molecular complexity index is 356. The lowest BCUT2D eigenvalue weighted by atomic mass is 10.0. The number of ether oxygens (including phenoxy) is 2. The first-order chi connectivity index (χ1) is 10.6. The van der Waals surface area contributed by atoms with Crippen molar-refractivity contribution in [2.24, 2.45) is 4.99 Å². The molecule has 0 bridgehead atoms. The molecular formula is C16H32IN3O3. The number of aliphatic imine (C=N–C) groups is 1. The molecule has 0 amide bonds. The predicted octanol–water partition coefficient (Wildman–Crippen LogP) is 1.66. The van der Waals surface area contributed by atoms with Crippen molar-refractivity contribution < 1.29 is 14.6 Å². The molecule has 0 aromatic carbocycles. The number of hydrogen-bond donors (Lipinski definition) is 3. The monoisotopic (exact) mass is 441 g/mol. The first kappa shape index (κ1) is 20.9. The van der Waals surface area contributed by atoms with Gasteiger partial charge in [0.15, 0.2) is 5.96 Å². The van der Waals surface area contributed by atoms with Gasteiger partial charge in [-0.2, -0.15) is 0 Å². The van der Waals surface area contributed by atoms with Crippen LogP contribution in [0.2, 0.25) is 0 Å². The summed E-state index contributed by atoms with van der Waals surface area (Å²) in [6, 6.07) is 0.164. The molecule has 2 fully saturated rings. The number of guanidine groups is 1. The summed E-state index contributed by atoms with van der Waals surface area (Å²) in [7, 11) is 0. The molecule has 1 aliphatic carbocycles. The third-order valence-electron chi connectivity index (χ3n) is 4.26. The molecule has 7 heteroatoms. The molecule has 0 spiro atoms. The second kappa shape index (κ2) is 10.7. The fraction of sp³-hybridized carbons (Fsp3) is 0.938. The van der Waals surface area contributed by atoms with Crippen LogP contribution in [0.5, 0.6) is 0 Å². The van der Waals surface area contributed by atoms with Gasteiger partial charge in [0, 0.05) is 19.2 Å². The minimum atomic E-state index is -0.608. The molecule has 23 heavy (non-hydrogen) atoms. The molecule has 136 valence electrons. The summed E-state index contributed by atoms with van der Waals surface area (Å²) in [6.07, 6.45) is 5.12. The van der Waals surface area contributed by atoms with E-state index in [2.05, 4.69) is 22.5 Å². The van der Waals surface area contributed by atoms with Crippen LogP contribution in [-0.2, 0) is 9.47 Å². The van der Waals surface area contributed by atoms with Gasteiger partial charge in [0.1, 0.15) is 0 Å². The number of aliphatic hydroxyl groups is 1. The molecule has 2 atom stereocenters. The summed E-state index contributed by atoms with van der Waals surface area (Å²) in [5.41, 5.74) is -0.608. The van der Waals surface area contributed by atoms with Crippen molar-refractivity contribution in [1.29, 1.82) is 0 Å². The predicted molar refractivity (Wildman–Crippen MR) is 103 cm³/mol. The number of hydrogen-bond acceptors (Lipinski definition) is 4. The fourth-order valence-corrected chi connectivity index (χ4v) is 2.94. The van der Waals surface area contributed by atoms with Gasteiger partial charge in [0.05, 0.1) is 31.5 Å². The quantitative estimate of drug-likeness (QED) is 0.319. The van der Waals surface area contributed by atoms with Crippen LogP contribution < -0.4 is 10.6 Å². The van der Waals surface area contributed by atoms with Crippen molar-refractivity contribution in [1.82, 2.24) is 10.6 Å². The van der Waals surface area contributed by atoms with Gasteiger partial charge in [-0.3, -0.25) is 4.99 Å². The molecule has 2 unspecified atom stereocenters. The maximum atomic E-state index is 10.4. The molecule has 6 nitrogen and oxygen atoms in total. The van der Waals surface area contributed by atoms with Crippen molar-refractivity contribution in [3.05, 3.63) is 0 Å². The molecule has 2 rings (SSSR count). The van der Waals surface area contributed by atoms with Crippen molar-refractivity contribution in [2.75, 3.05) is 32.9 Å². The van der Waals surface area contributed by atoms with Gasteiger partial charge in [-0.25, -0.2) is 0 Å². The largest absolute Gasteiger partial charge is 0.388 e. The van der Waals surface area contributed by atoms with Gasteiger partial charge < -0.3 is 25.2 Å². The molecule has 1 saturated heterocycles. The highest BCUT2D eigenvalue weighted by molar-refractivity contribution is 14.0. The van der Waals surface area contributed by atoms with Gasteiger partial charge in [0.25, 0.3) is 0 Å². The smallest absolute Gasteiger partial charge is 0.191 e. The Morgan fingerprint density at radius 3 is 2.78 bits per heavy atom. The van der Waals surface area contributed by atoms with E-state index in [0.717, 1.165) is 51.2 Å². The maximum Gasteiger partial charge on any atom is 0.191 e. The zero-order valence-electron chi connectivity index (χ0n) is 14.3. The van der Waals surface area contributed by atoms with Crippen LogP contribution in [0.1, 0.15) is 46.0 Å². The average molecular weight is 441 g/mol. The lowest BCUT2D eigenvalue weighted by Gasteiger charge is -2.22. The summed E-state index contributed by atoms with van der Waals surface area (Å²) in [4.78, 5) is 4.55. The topological polar surface area (TPSA) is 75.1 Å². The van der Waals surface area contributed by atoms with Gasteiger partial charge >= 0.3 is 0 Å². The minimum absolute atomic E-state index is 0.